The summed E-state index contributed by atoms with van der Waals surface area (Å²) in [6.07, 6.45) is -1.08. The molecule has 148 valence electrons. The maximum atomic E-state index is 13.0. The van der Waals surface area contributed by atoms with E-state index in [9.17, 15) is 9.59 Å². The van der Waals surface area contributed by atoms with Gasteiger partial charge in [0.25, 0.3) is 5.91 Å². The summed E-state index contributed by atoms with van der Waals surface area (Å²) in [4.78, 5) is 25.7. The monoisotopic (exact) mass is 389 g/mol. The molecule has 1 atom stereocenters. The highest BCUT2D eigenvalue weighted by Crippen LogP contribution is 2.24. The van der Waals surface area contributed by atoms with Crippen LogP contribution in [0, 0.1) is 13.8 Å². The smallest absolute Gasteiger partial charge is 0.339 e. The molecule has 0 fully saturated rings. The summed E-state index contributed by atoms with van der Waals surface area (Å²) in [5.74, 6) is -0.363. The number of carbonyl (C=O) groups excluding carboxylic acids is 2. The summed E-state index contributed by atoms with van der Waals surface area (Å²) in [6, 6.07) is 21.3. The van der Waals surface area contributed by atoms with E-state index in [1.165, 1.54) is 0 Å². The van der Waals surface area contributed by atoms with Crippen LogP contribution in [0.4, 0.5) is 5.69 Å². The Hall–Kier alpha value is -3.60. The zero-order chi connectivity index (χ0) is 20.8. The Morgan fingerprint density at radius 2 is 1.59 bits per heavy atom. The van der Waals surface area contributed by atoms with Crippen LogP contribution in [0.25, 0.3) is 0 Å². The summed E-state index contributed by atoms with van der Waals surface area (Å²) in [5, 5.41) is 2.89. The van der Waals surface area contributed by atoms with Crippen molar-refractivity contribution in [2.24, 2.45) is 0 Å². The maximum absolute atomic E-state index is 13.0. The molecule has 5 heteroatoms. The van der Waals surface area contributed by atoms with Crippen LogP contribution in [0.1, 0.15) is 33.2 Å². The van der Waals surface area contributed by atoms with E-state index in [1.807, 2.05) is 38.1 Å². The van der Waals surface area contributed by atoms with Crippen molar-refractivity contribution in [1.82, 2.24) is 0 Å². The molecule has 0 saturated heterocycles. The first-order valence-electron chi connectivity index (χ1n) is 9.26. The third kappa shape index (κ3) is 5.02. The lowest BCUT2D eigenvalue weighted by molar-refractivity contribution is -0.125. The number of anilines is 1. The number of benzene rings is 3. The highest BCUT2D eigenvalue weighted by molar-refractivity contribution is 5.98. The number of carbonyl (C=O) groups is 2. The van der Waals surface area contributed by atoms with Gasteiger partial charge >= 0.3 is 5.97 Å². The van der Waals surface area contributed by atoms with Gasteiger partial charge in [-0.1, -0.05) is 42.5 Å². The standard InChI is InChI=1S/C24H23NO4/c1-16-9-10-17(2)21(15-16)25-23(26)22(18-7-5-4-6-8-18)29-24(27)19-11-13-20(28-3)14-12-19/h4-15,22H,1-3H3,(H,25,26)/t22-/m0/s1. The number of ether oxygens (including phenoxy) is 2. The zero-order valence-corrected chi connectivity index (χ0v) is 16.6. The molecule has 0 radical (unpaired) electrons. The predicted octanol–water partition coefficient (Wildman–Crippen LogP) is 4.85. The van der Waals surface area contributed by atoms with Crippen LogP contribution in [0.5, 0.6) is 5.75 Å². The number of aryl methyl sites for hydroxylation is 2. The summed E-state index contributed by atoms with van der Waals surface area (Å²) in [5.41, 5.74) is 3.58. The summed E-state index contributed by atoms with van der Waals surface area (Å²) >= 11 is 0. The lowest BCUT2D eigenvalue weighted by atomic mass is 10.1. The molecule has 1 amide bonds. The molecule has 0 heterocycles. The molecule has 3 aromatic rings. The Bertz CT molecular complexity index is 997. The minimum absolute atomic E-state index is 0.339. The minimum Gasteiger partial charge on any atom is -0.497 e. The fourth-order valence-corrected chi connectivity index (χ4v) is 2.87. The first kappa shape index (κ1) is 20.1. The van der Waals surface area contributed by atoms with Gasteiger partial charge in [-0.2, -0.15) is 0 Å². The molecule has 0 spiro atoms. The van der Waals surface area contributed by atoms with Gasteiger partial charge < -0.3 is 14.8 Å². The highest BCUT2D eigenvalue weighted by Gasteiger charge is 2.26. The lowest BCUT2D eigenvalue weighted by Crippen LogP contribution is -2.26. The molecule has 1 N–H and O–H groups in total. The van der Waals surface area contributed by atoms with Crippen molar-refractivity contribution in [2.45, 2.75) is 20.0 Å². The molecule has 3 aromatic carbocycles. The van der Waals surface area contributed by atoms with Crippen molar-refractivity contribution < 1.29 is 19.1 Å². The molecule has 0 saturated carbocycles. The molecule has 29 heavy (non-hydrogen) atoms. The average molecular weight is 389 g/mol. The summed E-state index contributed by atoms with van der Waals surface area (Å²) < 4.78 is 10.7. The van der Waals surface area contributed by atoms with Crippen molar-refractivity contribution in [3.05, 3.63) is 95.1 Å². The highest BCUT2D eigenvalue weighted by atomic mass is 16.5. The molecular formula is C24H23NO4. The zero-order valence-electron chi connectivity index (χ0n) is 16.6. The van der Waals surface area contributed by atoms with Gasteiger partial charge in [-0.15, -0.1) is 0 Å². The van der Waals surface area contributed by atoms with Gasteiger partial charge in [-0.3, -0.25) is 4.79 Å². The Morgan fingerprint density at radius 1 is 0.897 bits per heavy atom. The Labute approximate surface area is 170 Å². The van der Waals surface area contributed by atoms with Gasteiger partial charge in [0.15, 0.2) is 0 Å². The second-order valence-corrected chi connectivity index (χ2v) is 6.73. The maximum Gasteiger partial charge on any atom is 0.339 e. The van der Waals surface area contributed by atoms with Crippen LogP contribution in [0.15, 0.2) is 72.8 Å². The number of rotatable bonds is 6. The minimum atomic E-state index is -1.08. The van der Waals surface area contributed by atoms with Crippen LogP contribution < -0.4 is 10.1 Å². The van der Waals surface area contributed by atoms with E-state index in [2.05, 4.69) is 5.32 Å². The lowest BCUT2D eigenvalue weighted by Gasteiger charge is -2.19. The largest absolute Gasteiger partial charge is 0.497 e. The summed E-state index contributed by atoms with van der Waals surface area (Å²) in [7, 11) is 1.55. The molecule has 0 bridgehead atoms. The van der Waals surface area contributed by atoms with Crippen LogP contribution in [-0.4, -0.2) is 19.0 Å². The van der Waals surface area contributed by atoms with Gasteiger partial charge in [0.05, 0.1) is 12.7 Å². The number of amides is 1. The topological polar surface area (TPSA) is 64.6 Å². The first-order chi connectivity index (χ1) is 14.0. The molecule has 0 aromatic heterocycles. The molecule has 0 aliphatic carbocycles. The van der Waals surface area contributed by atoms with Crippen molar-refractivity contribution >= 4 is 17.6 Å². The van der Waals surface area contributed by atoms with E-state index in [0.29, 0.717) is 22.6 Å². The number of nitrogens with one attached hydrogen (secondary N) is 1. The van der Waals surface area contributed by atoms with E-state index in [1.54, 1.807) is 55.6 Å². The second kappa shape index (κ2) is 9.06. The van der Waals surface area contributed by atoms with Crippen LogP contribution >= 0.6 is 0 Å². The Morgan fingerprint density at radius 3 is 2.24 bits per heavy atom. The number of methoxy groups -OCH3 is 1. The van der Waals surface area contributed by atoms with Gasteiger partial charge in [0.1, 0.15) is 5.75 Å². The van der Waals surface area contributed by atoms with Crippen molar-refractivity contribution in [2.75, 3.05) is 12.4 Å². The van der Waals surface area contributed by atoms with Crippen LogP contribution in [0.2, 0.25) is 0 Å². The molecule has 0 unspecified atom stereocenters. The molecular weight excluding hydrogens is 366 g/mol. The van der Waals surface area contributed by atoms with Crippen molar-refractivity contribution in [3.63, 3.8) is 0 Å². The van der Waals surface area contributed by atoms with Crippen LogP contribution in [0.3, 0.4) is 0 Å². The number of esters is 1. The van der Waals surface area contributed by atoms with E-state index >= 15 is 0 Å². The Balaban J connectivity index is 1.85. The molecule has 3 rings (SSSR count). The first-order valence-corrected chi connectivity index (χ1v) is 9.26. The third-order valence-corrected chi connectivity index (χ3v) is 4.54. The quantitative estimate of drug-likeness (QED) is 0.612. The van der Waals surface area contributed by atoms with Crippen molar-refractivity contribution in [1.29, 1.82) is 0 Å². The van der Waals surface area contributed by atoms with E-state index in [4.69, 9.17) is 9.47 Å². The third-order valence-electron chi connectivity index (χ3n) is 4.54. The normalized spacial score (nSPS) is 11.4. The van der Waals surface area contributed by atoms with Gasteiger partial charge in [0, 0.05) is 11.3 Å². The molecule has 5 nitrogen and oxygen atoms in total. The van der Waals surface area contributed by atoms with E-state index in [0.717, 1.165) is 11.1 Å². The van der Waals surface area contributed by atoms with Gasteiger partial charge in [-0.25, -0.2) is 4.79 Å². The number of hydrogen-bond acceptors (Lipinski definition) is 4. The molecule has 0 aliphatic rings. The SMILES string of the molecule is COc1ccc(C(=O)O[C@H](C(=O)Nc2cc(C)ccc2C)c2ccccc2)cc1. The summed E-state index contributed by atoms with van der Waals surface area (Å²) in [6.45, 7) is 3.86. The number of hydrogen-bond donors (Lipinski definition) is 1. The van der Waals surface area contributed by atoms with Crippen LogP contribution in [-0.2, 0) is 9.53 Å². The fourth-order valence-electron chi connectivity index (χ4n) is 2.87. The van der Waals surface area contributed by atoms with E-state index < -0.39 is 18.0 Å². The average Bonchev–Trinajstić information content (AvgIpc) is 2.75. The fraction of sp³-hybridized carbons (Fsp3) is 0.167. The van der Waals surface area contributed by atoms with Gasteiger partial charge in [0.2, 0.25) is 6.10 Å². The Kier molecular flexibility index (Phi) is 6.29. The molecule has 0 aliphatic heterocycles. The van der Waals surface area contributed by atoms with Crippen molar-refractivity contribution in [3.8, 4) is 5.75 Å². The second-order valence-electron chi connectivity index (χ2n) is 6.73. The van der Waals surface area contributed by atoms with Gasteiger partial charge in [-0.05, 0) is 55.3 Å². The van der Waals surface area contributed by atoms with E-state index in [-0.39, 0.29) is 0 Å². The predicted molar refractivity (Wildman–Crippen MR) is 112 cm³/mol.